The van der Waals surface area contributed by atoms with E-state index in [9.17, 15) is 37.8 Å². The smallest absolute Gasteiger partial charge is 0.327 e. The summed E-state index contributed by atoms with van der Waals surface area (Å²) >= 11 is 0. The first-order valence-corrected chi connectivity index (χ1v) is 17.9. The zero-order chi connectivity index (χ0) is 29.8. The standard InChI is InChI=1S/C26H36N4O8S3/c1-41(37,38)30-13-8-18(16-4-6-17(31)7-5-16)21(30)23(33)28-19-14-39-40-15-20(24(34)35)29-25(36)26(9-2-3-10-26)11-12-27-22(19)32/h4-7,18-21,31H,2-3,8-15H2,1H3,(H,27,32)(H,28,33)(H,29,36)(H,34,35). The molecule has 1 saturated carbocycles. The fourth-order valence-electron chi connectivity index (χ4n) is 5.87. The van der Waals surface area contributed by atoms with Crippen molar-refractivity contribution in [1.82, 2.24) is 20.3 Å². The van der Waals surface area contributed by atoms with Gasteiger partial charge in [0.2, 0.25) is 27.7 Å². The number of benzene rings is 1. The van der Waals surface area contributed by atoms with E-state index >= 15 is 0 Å². The zero-order valence-corrected chi connectivity index (χ0v) is 25.2. The van der Waals surface area contributed by atoms with Crippen LogP contribution in [-0.2, 0) is 29.2 Å². The van der Waals surface area contributed by atoms with E-state index < -0.39 is 57.3 Å². The van der Waals surface area contributed by atoms with Gasteiger partial charge in [-0.2, -0.15) is 4.31 Å². The van der Waals surface area contributed by atoms with Crippen molar-refractivity contribution in [2.24, 2.45) is 5.41 Å². The molecule has 3 fully saturated rings. The Morgan fingerprint density at radius 3 is 2.37 bits per heavy atom. The molecule has 1 aromatic carbocycles. The largest absolute Gasteiger partial charge is 0.508 e. The number of hydrogen-bond donors (Lipinski definition) is 5. The van der Waals surface area contributed by atoms with E-state index in [1.54, 1.807) is 12.1 Å². The SMILES string of the molecule is CS(=O)(=O)N1CCC(c2ccc(O)cc2)C1C(=O)NC1CSSCC(C(=O)O)NC(=O)C2(CCCC2)CCNC1=O. The van der Waals surface area contributed by atoms with Crippen LogP contribution in [0.4, 0.5) is 0 Å². The number of phenolic OH excluding ortho intramolecular Hbond substituents is 1. The van der Waals surface area contributed by atoms with Gasteiger partial charge in [-0.1, -0.05) is 46.6 Å². The molecule has 4 rings (SSSR count). The Morgan fingerprint density at radius 1 is 1.07 bits per heavy atom. The molecule has 3 aliphatic rings. The summed E-state index contributed by atoms with van der Waals surface area (Å²) in [7, 11) is -1.39. The number of nitrogens with one attached hydrogen (secondary N) is 3. The molecule has 0 aromatic heterocycles. The molecule has 1 aromatic rings. The maximum atomic E-state index is 13.7. The Bertz CT molecular complexity index is 1250. The zero-order valence-electron chi connectivity index (χ0n) is 22.7. The summed E-state index contributed by atoms with van der Waals surface area (Å²) in [6.45, 7) is 0.298. The lowest BCUT2D eigenvalue weighted by Crippen LogP contribution is -2.55. The molecule has 226 valence electrons. The lowest BCUT2D eigenvalue weighted by molar-refractivity contribution is -0.143. The van der Waals surface area contributed by atoms with Crippen molar-refractivity contribution >= 4 is 55.3 Å². The number of rotatable bonds is 5. The number of aliphatic carboxylic acids is 1. The highest BCUT2D eigenvalue weighted by Crippen LogP contribution is 2.41. The van der Waals surface area contributed by atoms with Crippen LogP contribution in [0.2, 0.25) is 0 Å². The molecule has 2 aliphatic heterocycles. The number of aromatic hydroxyl groups is 1. The Labute approximate surface area is 247 Å². The second-order valence-corrected chi connectivity index (χ2v) is 15.3. The fourth-order valence-corrected chi connectivity index (χ4v) is 9.28. The van der Waals surface area contributed by atoms with Crippen LogP contribution in [0.15, 0.2) is 24.3 Å². The predicted molar refractivity (Wildman–Crippen MR) is 156 cm³/mol. The van der Waals surface area contributed by atoms with E-state index in [2.05, 4.69) is 16.0 Å². The highest BCUT2D eigenvalue weighted by molar-refractivity contribution is 8.76. The molecule has 0 bridgehead atoms. The van der Waals surface area contributed by atoms with Crippen LogP contribution in [-0.4, -0.2) is 95.6 Å². The fraction of sp³-hybridized carbons (Fsp3) is 0.615. The van der Waals surface area contributed by atoms with Crippen LogP contribution in [0.25, 0.3) is 0 Å². The molecule has 1 spiro atoms. The van der Waals surface area contributed by atoms with Crippen LogP contribution in [0.3, 0.4) is 0 Å². The average Bonchev–Trinajstić information content (AvgIpc) is 3.58. The van der Waals surface area contributed by atoms with E-state index in [4.69, 9.17) is 0 Å². The minimum Gasteiger partial charge on any atom is -0.508 e. The molecule has 0 radical (unpaired) electrons. The first-order valence-electron chi connectivity index (χ1n) is 13.5. The van der Waals surface area contributed by atoms with Gasteiger partial charge in [0.25, 0.3) is 0 Å². The van der Waals surface area contributed by atoms with E-state index in [1.807, 2.05) is 0 Å². The van der Waals surface area contributed by atoms with Gasteiger partial charge in [0.05, 0.1) is 11.7 Å². The summed E-state index contributed by atoms with van der Waals surface area (Å²) in [5.41, 5.74) is -0.0693. The number of carbonyl (C=O) groups excluding carboxylic acids is 3. The first kappa shape index (κ1) is 31.4. The Balaban J connectivity index is 1.54. The quantitative estimate of drug-likeness (QED) is 0.295. The summed E-state index contributed by atoms with van der Waals surface area (Å²) < 4.78 is 26.3. The Hall–Kier alpha value is -2.49. The molecule has 15 heteroatoms. The van der Waals surface area contributed by atoms with Crippen LogP contribution < -0.4 is 16.0 Å². The predicted octanol–water partition coefficient (Wildman–Crippen LogP) is 1.03. The number of sulfonamides is 1. The van der Waals surface area contributed by atoms with Gasteiger partial charge in [-0.25, -0.2) is 13.2 Å². The third-order valence-corrected chi connectivity index (χ3v) is 11.8. The number of amides is 3. The van der Waals surface area contributed by atoms with Crippen molar-refractivity contribution in [3.63, 3.8) is 0 Å². The van der Waals surface area contributed by atoms with Gasteiger partial charge in [-0.15, -0.1) is 0 Å². The maximum Gasteiger partial charge on any atom is 0.327 e. The van der Waals surface area contributed by atoms with Gasteiger partial charge >= 0.3 is 5.97 Å². The molecule has 12 nitrogen and oxygen atoms in total. The average molecular weight is 629 g/mol. The lowest BCUT2D eigenvalue weighted by Gasteiger charge is -2.29. The van der Waals surface area contributed by atoms with Gasteiger partial charge in [0, 0.05) is 30.5 Å². The van der Waals surface area contributed by atoms with E-state index in [-0.39, 0.29) is 36.3 Å². The van der Waals surface area contributed by atoms with E-state index in [0.717, 1.165) is 23.4 Å². The molecule has 4 atom stereocenters. The summed E-state index contributed by atoms with van der Waals surface area (Å²) in [5, 5.41) is 27.6. The monoisotopic (exact) mass is 628 g/mol. The van der Waals surface area contributed by atoms with Gasteiger partial charge < -0.3 is 26.2 Å². The minimum atomic E-state index is -3.75. The van der Waals surface area contributed by atoms with Crippen molar-refractivity contribution in [3.8, 4) is 5.75 Å². The summed E-state index contributed by atoms with van der Waals surface area (Å²) in [6.07, 6.45) is 4.64. The number of carboxylic acid groups (broad SMARTS) is 1. The normalized spacial score (nSPS) is 28.1. The Kier molecular flexibility index (Phi) is 10.1. The van der Waals surface area contributed by atoms with Crippen molar-refractivity contribution in [3.05, 3.63) is 29.8 Å². The van der Waals surface area contributed by atoms with Crippen LogP contribution in [0.5, 0.6) is 5.75 Å². The van der Waals surface area contributed by atoms with E-state index in [0.29, 0.717) is 31.2 Å². The second-order valence-electron chi connectivity index (χ2n) is 10.8. The molecule has 2 heterocycles. The van der Waals surface area contributed by atoms with Crippen molar-refractivity contribution in [2.75, 3.05) is 30.9 Å². The number of phenols is 1. The van der Waals surface area contributed by atoms with Crippen molar-refractivity contribution in [2.45, 2.75) is 62.6 Å². The molecular weight excluding hydrogens is 593 g/mol. The van der Waals surface area contributed by atoms with Crippen molar-refractivity contribution < 1.29 is 37.8 Å². The molecule has 5 N–H and O–H groups in total. The molecular formula is C26H36N4O8S3. The molecule has 1 aliphatic carbocycles. The molecule has 4 unspecified atom stereocenters. The number of nitrogens with zero attached hydrogens (tertiary/aromatic N) is 1. The maximum absolute atomic E-state index is 13.7. The number of carboxylic acids is 1. The van der Waals surface area contributed by atoms with Crippen molar-refractivity contribution in [1.29, 1.82) is 0 Å². The minimum absolute atomic E-state index is 0.0457. The van der Waals surface area contributed by atoms with Gasteiger partial charge in [0.1, 0.15) is 23.9 Å². The van der Waals surface area contributed by atoms with E-state index in [1.165, 1.54) is 33.7 Å². The van der Waals surface area contributed by atoms with Gasteiger partial charge in [-0.05, 0) is 43.4 Å². The molecule has 41 heavy (non-hydrogen) atoms. The first-order chi connectivity index (χ1) is 19.4. The van der Waals surface area contributed by atoms with Crippen LogP contribution in [0, 0.1) is 5.41 Å². The third kappa shape index (κ3) is 7.48. The summed E-state index contributed by atoms with van der Waals surface area (Å²) in [6, 6.07) is 3.05. The lowest BCUT2D eigenvalue weighted by atomic mass is 9.81. The highest BCUT2D eigenvalue weighted by atomic mass is 33.1. The highest BCUT2D eigenvalue weighted by Gasteiger charge is 2.46. The van der Waals surface area contributed by atoms with Gasteiger partial charge in [0.15, 0.2) is 0 Å². The van der Waals surface area contributed by atoms with Crippen LogP contribution in [0.1, 0.15) is 50.0 Å². The summed E-state index contributed by atoms with van der Waals surface area (Å²) in [4.78, 5) is 52.0. The number of carbonyl (C=O) groups is 4. The third-order valence-electron chi connectivity index (χ3n) is 8.10. The topological polar surface area (TPSA) is 182 Å². The molecule has 3 amide bonds. The second kappa shape index (κ2) is 13.2. The Morgan fingerprint density at radius 2 is 1.73 bits per heavy atom. The van der Waals surface area contributed by atoms with Crippen LogP contribution >= 0.6 is 21.6 Å². The van der Waals surface area contributed by atoms with Gasteiger partial charge in [-0.3, -0.25) is 14.4 Å². The number of hydrogen-bond acceptors (Lipinski definition) is 9. The summed E-state index contributed by atoms with van der Waals surface area (Å²) in [5.74, 6) is -2.80. The molecule has 2 saturated heterocycles.